The molecule has 2 fully saturated rings. The molecule has 5 heteroatoms. The fourth-order valence-electron chi connectivity index (χ4n) is 5.43. The second-order valence-corrected chi connectivity index (χ2v) is 8.83. The molecule has 1 aliphatic heterocycles. The minimum absolute atomic E-state index is 0.0139. The van der Waals surface area contributed by atoms with Crippen molar-refractivity contribution in [1.29, 1.82) is 0 Å². The van der Waals surface area contributed by atoms with Gasteiger partial charge in [0.15, 0.2) is 0 Å². The van der Waals surface area contributed by atoms with Crippen LogP contribution in [0.15, 0.2) is 54.6 Å². The Morgan fingerprint density at radius 2 is 1.90 bits per heavy atom. The first-order chi connectivity index (χ1) is 13.8. The molecule has 5 nitrogen and oxygen atoms in total. The summed E-state index contributed by atoms with van der Waals surface area (Å²) < 4.78 is 0. The van der Waals surface area contributed by atoms with E-state index < -0.39 is 11.0 Å². The summed E-state index contributed by atoms with van der Waals surface area (Å²) in [4.78, 5) is 17.1. The van der Waals surface area contributed by atoms with Crippen molar-refractivity contribution in [3.8, 4) is 5.75 Å². The van der Waals surface area contributed by atoms with E-state index in [0.717, 1.165) is 24.9 Å². The van der Waals surface area contributed by atoms with E-state index in [-0.39, 0.29) is 17.7 Å². The van der Waals surface area contributed by atoms with Crippen LogP contribution in [0.5, 0.6) is 5.75 Å². The summed E-state index contributed by atoms with van der Waals surface area (Å²) in [6.45, 7) is 1.48. The predicted octanol–water partition coefficient (Wildman–Crippen LogP) is 3.02. The van der Waals surface area contributed by atoms with Gasteiger partial charge in [-0.25, -0.2) is 0 Å². The van der Waals surface area contributed by atoms with Gasteiger partial charge in [0.05, 0.1) is 5.60 Å². The summed E-state index contributed by atoms with van der Waals surface area (Å²) in [5, 5.41) is 21.9. The highest BCUT2D eigenvalue weighted by atomic mass is 16.3. The highest BCUT2D eigenvalue weighted by Gasteiger charge is 2.57. The van der Waals surface area contributed by atoms with Crippen molar-refractivity contribution in [2.75, 3.05) is 27.2 Å². The van der Waals surface area contributed by atoms with Crippen molar-refractivity contribution in [3.63, 3.8) is 0 Å². The zero-order chi connectivity index (χ0) is 20.6. The molecule has 2 aliphatic rings. The maximum absolute atomic E-state index is 13.0. The third-order valence-electron chi connectivity index (χ3n) is 7.11. The molecule has 2 aromatic carbocycles. The lowest BCUT2D eigenvalue weighted by molar-refractivity contribution is -0.127. The quantitative estimate of drug-likeness (QED) is 0.840. The molecule has 1 aliphatic carbocycles. The molecule has 0 bridgehead atoms. The van der Waals surface area contributed by atoms with Gasteiger partial charge in [-0.2, -0.15) is 0 Å². The average molecular weight is 395 g/mol. The zero-order valence-corrected chi connectivity index (χ0v) is 17.2. The van der Waals surface area contributed by atoms with E-state index in [1.54, 1.807) is 12.1 Å². The number of hydrogen-bond acceptors (Lipinski definition) is 4. The Bertz CT molecular complexity index is 887. The predicted molar refractivity (Wildman–Crippen MR) is 113 cm³/mol. The Balaban J connectivity index is 1.68. The summed E-state index contributed by atoms with van der Waals surface area (Å²) in [5.74, 6) is 0.231. The number of phenols is 1. The molecule has 1 amide bonds. The molecule has 154 valence electrons. The zero-order valence-electron chi connectivity index (χ0n) is 17.2. The van der Waals surface area contributed by atoms with E-state index in [2.05, 4.69) is 4.90 Å². The van der Waals surface area contributed by atoms with E-state index in [9.17, 15) is 15.0 Å². The van der Waals surface area contributed by atoms with Gasteiger partial charge in [0, 0.05) is 30.6 Å². The summed E-state index contributed by atoms with van der Waals surface area (Å²) in [6.07, 6.45) is 2.88. The number of carbonyl (C=O) groups excluding carboxylic acids is 1. The Morgan fingerprint density at radius 1 is 1.14 bits per heavy atom. The number of piperidine rings is 1. The monoisotopic (exact) mass is 394 g/mol. The molecule has 0 unspecified atom stereocenters. The van der Waals surface area contributed by atoms with Crippen LogP contribution in [0, 0.1) is 0 Å². The number of benzene rings is 2. The Morgan fingerprint density at radius 3 is 2.62 bits per heavy atom. The maximum atomic E-state index is 13.0. The first-order valence-electron chi connectivity index (χ1n) is 10.4. The molecular formula is C24H30N2O3. The number of β-amino-alcohol motifs (C(OH)–C–C–N with tert-alkyl or cyclic N) is 1. The normalized spacial score (nSPS) is 29.8. The van der Waals surface area contributed by atoms with Gasteiger partial charge >= 0.3 is 0 Å². The maximum Gasteiger partial charge on any atom is 0.253 e. The number of nitrogens with zero attached hydrogens (tertiary/aromatic N) is 2. The molecule has 0 aromatic heterocycles. The van der Waals surface area contributed by atoms with Gasteiger partial charge in [0.1, 0.15) is 5.75 Å². The van der Waals surface area contributed by atoms with E-state index >= 15 is 0 Å². The summed E-state index contributed by atoms with van der Waals surface area (Å²) in [7, 11) is 3.91. The van der Waals surface area contributed by atoms with Crippen molar-refractivity contribution in [2.45, 2.75) is 42.7 Å². The van der Waals surface area contributed by atoms with E-state index in [1.807, 2.05) is 61.5 Å². The number of rotatable bonds is 3. The van der Waals surface area contributed by atoms with Crippen molar-refractivity contribution in [1.82, 2.24) is 9.80 Å². The molecule has 1 heterocycles. The van der Waals surface area contributed by atoms with Crippen molar-refractivity contribution < 1.29 is 15.0 Å². The van der Waals surface area contributed by atoms with Crippen LogP contribution in [0.1, 0.15) is 41.6 Å². The largest absolute Gasteiger partial charge is 0.508 e. The first-order valence-corrected chi connectivity index (χ1v) is 10.4. The van der Waals surface area contributed by atoms with Crippen LogP contribution >= 0.6 is 0 Å². The summed E-state index contributed by atoms with van der Waals surface area (Å²) >= 11 is 0. The third kappa shape index (κ3) is 3.43. The van der Waals surface area contributed by atoms with Crippen LogP contribution < -0.4 is 0 Å². The second kappa shape index (κ2) is 7.47. The van der Waals surface area contributed by atoms with Crippen LogP contribution in [0.2, 0.25) is 0 Å². The van der Waals surface area contributed by atoms with Gasteiger partial charge in [0.25, 0.3) is 5.91 Å². The number of phenolic OH excluding ortho intramolecular Hbond substituents is 1. The molecular weight excluding hydrogens is 364 g/mol. The molecule has 2 N–H and O–H groups in total. The fraction of sp³-hybridized carbons (Fsp3) is 0.458. The fourth-order valence-corrected chi connectivity index (χ4v) is 5.43. The Kier molecular flexibility index (Phi) is 5.13. The van der Waals surface area contributed by atoms with E-state index in [0.29, 0.717) is 24.9 Å². The number of likely N-dealkylation sites (N-methyl/N-ethyl adjacent to an activating group) is 1. The molecule has 1 saturated heterocycles. The molecule has 29 heavy (non-hydrogen) atoms. The molecule has 0 spiro atoms. The number of likely N-dealkylation sites (tertiary alicyclic amines) is 1. The minimum atomic E-state index is -0.874. The lowest BCUT2D eigenvalue weighted by Crippen LogP contribution is -2.66. The number of aliphatic hydroxyl groups is 1. The van der Waals surface area contributed by atoms with Crippen LogP contribution in [0.25, 0.3) is 0 Å². The second-order valence-electron chi connectivity index (χ2n) is 8.83. The highest BCUT2D eigenvalue weighted by Crippen LogP contribution is 2.52. The minimum Gasteiger partial charge on any atom is -0.508 e. The first kappa shape index (κ1) is 19.9. The lowest BCUT2D eigenvalue weighted by Gasteiger charge is -2.58. The molecule has 0 radical (unpaired) electrons. The van der Waals surface area contributed by atoms with Crippen LogP contribution in [-0.2, 0) is 5.41 Å². The topological polar surface area (TPSA) is 64.0 Å². The number of fused-ring (bicyclic) bond motifs is 1. The van der Waals surface area contributed by atoms with E-state index in [1.165, 1.54) is 0 Å². The standard InChI is InChI=1S/C24H30N2O3/c1-25-14-13-23(19-9-6-10-21(27)15-19)16-20(11-12-24(23,29)17-25)26(2)22(28)18-7-4-3-5-8-18/h3-10,15,20,27,29H,11-14,16-17H2,1-2H3/t20-,23-,24-/m0/s1. The lowest BCUT2D eigenvalue weighted by atomic mass is 9.55. The Hall–Kier alpha value is -2.37. The smallest absolute Gasteiger partial charge is 0.253 e. The van der Waals surface area contributed by atoms with Gasteiger partial charge in [-0.05, 0) is 69.1 Å². The van der Waals surface area contributed by atoms with Gasteiger partial charge in [0.2, 0.25) is 0 Å². The molecule has 4 rings (SSSR count). The van der Waals surface area contributed by atoms with Gasteiger partial charge in [-0.3, -0.25) is 4.79 Å². The van der Waals surface area contributed by atoms with Crippen LogP contribution in [0.3, 0.4) is 0 Å². The van der Waals surface area contributed by atoms with Crippen molar-refractivity contribution in [3.05, 3.63) is 65.7 Å². The van der Waals surface area contributed by atoms with Crippen molar-refractivity contribution >= 4 is 5.91 Å². The van der Waals surface area contributed by atoms with Gasteiger partial charge in [-0.1, -0.05) is 30.3 Å². The third-order valence-corrected chi connectivity index (χ3v) is 7.11. The molecule has 3 atom stereocenters. The number of hydrogen-bond donors (Lipinski definition) is 2. The highest BCUT2D eigenvalue weighted by molar-refractivity contribution is 5.94. The van der Waals surface area contributed by atoms with Gasteiger partial charge < -0.3 is 20.0 Å². The van der Waals surface area contributed by atoms with Crippen LogP contribution in [0.4, 0.5) is 0 Å². The molecule has 2 aromatic rings. The van der Waals surface area contributed by atoms with Crippen LogP contribution in [-0.4, -0.2) is 64.7 Å². The Labute approximate surface area is 172 Å². The number of carbonyl (C=O) groups is 1. The summed E-state index contributed by atoms with van der Waals surface area (Å²) in [6, 6.07) is 16.7. The molecule has 1 saturated carbocycles. The van der Waals surface area contributed by atoms with E-state index in [4.69, 9.17) is 0 Å². The van der Waals surface area contributed by atoms with Crippen molar-refractivity contribution in [2.24, 2.45) is 0 Å². The van der Waals surface area contributed by atoms with Gasteiger partial charge in [-0.15, -0.1) is 0 Å². The SMILES string of the molecule is CN1CC[C@@]2(c3cccc(O)c3)C[C@@H](N(C)C(=O)c3ccccc3)CC[C@]2(O)C1. The number of aromatic hydroxyl groups is 1. The average Bonchev–Trinajstić information content (AvgIpc) is 2.72. The summed E-state index contributed by atoms with van der Waals surface area (Å²) in [5.41, 5.74) is 0.303. The number of amides is 1.